The number of nitrogens with one attached hydrogen (secondary N) is 2. The van der Waals surface area contributed by atoms with Crippen molar-refractivity contribution in [3.05, 3.63) is 86.4 Å². The molecule has 0 radical (unpaired) electrons. The molecule has 0 bridgehead atoms. The summed E-state index contributed by atoms with van der Waals surface area (Å²) >= 11 is 18.3. The van der Waals surface area contributed by atoms with Crippen LogP contribution in [-0.2, 0) is 10.0 Å². The van der Waals surface area contributed by atoms with Crippen LogP contribution in [0.2, 0.25) is 15.1 Å². The maximum atomic E-state index is 13.0. The molecule has 0 heterocycles. The molecule has 0 unspecified atom stereocenters. The van der Waals surface area contributed by atoms with Gasteiger partial charge in [-0.05, 0) is 61.4 Å². The van der Waals surface area contributed by atoms with Gasteiger partial charge in [0.1, 0.15) is 4.90 Å². The third-order valence-electron chi connectivity index (χ3n) is 4.53. The number of sulfonamides is 1. The van der Waals surface area contributed by atoms with Gasteiger partial charge < -0.3 is 5.32 Å². The van der Waals surface area contributed by atoms with Crippen molar-refractivity contribution < 1.29 is 13.2 Å². The van der Waals surface area contributed by atoms with E-state index in [0.717, 1.165) is 11.1 Å². The second-order valence-corrected chi connectivity index (χ2v) is 9.42. The molecule has 0 aliphatic rings. The first-order valence-corrected chi connectivity index (χ1v) is 11.4. The number of carbonyl (C=O) groups is 1. The fourth-order valence-corrected chi connectivity index (χ4v) is 4.86. The van der Waals surface area contributed by atoms with Gasteiger partial charge in [0.15, 0.2) is 0 Å². The fraction of sp³-hybridized carbons (Fsp3) is 0.0952. The normalized spacial score (nSPS) is 11.2. The molecule has 0 aliphatic carbocycles. The molecule has 1 amide bonds. The molecule has 9 heteroatoms. The van der Waals surface area contributed by atoms with Crippen molar-refractivity contribution in [3.63, 3.8) is 0 Å². The molecular formula is C21H17Cl3N2O3S. The van der Waals surface area contributed by atoms with Crippen molar-refractivity contribution in [1.29, 1.82) is 0 Å². The predicted octanol–water partition coefficient (Wildman–Crippen LogP) is 6.32. The number of aryl methyl sites for hydroxylation is 1. The Balaban J connectivity index is 1.94. The van der Waals surface area contributed by atoms with Crippen molar-refractivity contribution in [2.45, 2.75) is 18.7 Å². The van der Waals surface area contributed by atoms with E-state index in [1.165, 1.54) is 18.2 Å². The Kier molecular flexibility index (Phi) is 6.62. The average molecular weight is 484 g/mol. The highest BCUT2D eigenvalue weighted by Gasteiger charge is 2.22. The van der Waals surface area contributed by atoms with Gasteiger partial charge in [0, 0.05) is 5.56 Å². The standard InChI is InChI=1S/C21H17Cl3N2O3S/c1-12-5-3-8-18(13(12)2)26-30(28,29)19-11-14(9-10-15(19)22)21(27)25-20-16(23)6-4-7-17(20)24/h3-11,26H,1-2H3,(H,25,27). The molecule has 0 saturated heterocycles. The van der Waals surface area contributed by atoms with Gasteiger partial charge in [0.05, 0.1) is 26.4 Å². The van der Waals surface area contributed by atoms with E-state index in [0.29, 0.717) is 5.69 Å². The summed E-state index contributed by atoms with van der Waals surface area (Å²) in [7, 11) is -4.04. The zero-order chi connectivity index (χ0) is 22.1. The van der Waals surface area contributed by atoms with E-state index in [-0.39, 0.29) is 31.2 Å². The number of para-hydroxylation sites is 1. The summed E-state index contributed by atoms with van der Waals surface area (Å²) in [6.07, 6.45) is 0. The highest BCUT2D eigenvalue weighted by molar-refractivity contribution is 7.92. The zero-order valence-electron chi connectivity index (χ0n) is 16.0. The molecule has 3 aromatic rings. The Morgan fingerprint density at radius 1 is 0.867 bits per heavy atom. The first kappa shape index (κ1) is 22.4. The van der Waals surface area contributed by atoms with Crippen molar-refractivity contribution in [2.75, 3.05) is 10.0 Å². The van der Waals surface area contributed by atoms with Crippen LogP contribution in [0.1, 0.15) is 21.5 Å². The van der Waals surface area contributed by atoms with Crippen molar-refractivity contribution in [2.24, 2.45) is 0 Å². The van der Waals surface area contributed by atoms with Crippen molar-refractivity contribution in [3.8, 4) is 0 Å². The Hall–Kier alpha value is -2.25. The number of halogens is 3. The van der Waals surface area contributed by atoms with Gasteiger partial charge in [-0.1, -0.05) is 53.0 Å². The Morgan fingerprint density at radius 2 is 1.50 bits per heavy atom. The van der Waals surface area contributed by atoms with E-state index in [1.54, 1.807) is 30.3 Å². The fourth-order valence-electron chi connectivity index (χ4n) is 2.71. The maximum Gasteiger partial charge on any atom is 0.263 e. The smallest absolute Gasteiger partial charge is 0.263 e. The van der Waals surface area contributed by atoms with Crippen molar-refractivity contribution >= 4 is 62.1 Å². The summed E-state index contributed by atoms with van der Waals surface area (Å²) in [5.74, 6) is -0.579. The molecule has 5 nitrogen and oxygen atoms in total. The molecule has 156 valence electrons. The van der Waals surface area contributed by atoms with Gasteiger partial charge in [-0.3, -0.25) is 9.52 Å². The van der Waals surface area contributed by atoms with Crippen LogP contribution < -0.4 is 10.0 Å². The van der Waals surface area contributed by atoms with Gasteiger partial charge in [-0.15, -0.1) is 0 Å². The molecule has 2 N–H and O–H groups in total. The molecule has 30 heavy (non-hydrogen) atoms. The molecule has 0 aromatic heterocycles. The Morgan fingerprint density at radius 3 is 2.17 bits per heavy atom. The lowest BCUT2D eigenvalue weighted by Crippen LogP contribution is -2.17. The van der Waals surface area contributed by atoms with E-state index >= 15 is 0 Å². The average Bonchev–Trinajstić information content (AvgIpc) is 2.68. The molecule has 3 rings (SSSR count). The SMILES string of the molecule is Cc1cccc(NS(=O)(=O)c2cc(C(=O)Nc3c(Cl)cccc3Cl)ccc2Cl)c1C. The third-order valence-corrected chi connectivity index (χ3v) is 7.01. The van der Waals surface area contributed by atoms with Crippen LogP contribution in [0.15, 0.2) is 59.5 Å². The number of hydrogen-bond donors (Lipinski definition) is 2. The van der Waals surface area contributed by atoms with E-state index in [4.69, 9.17) is 34.8 Å². The quantitative estimate of drug-likeness (QED) is 0.446. The summed E-state index contributed by atoms with van der Waals surface area (Å²) in [6, 6.07) is 14.1. The summed E-state index contributed by atoms with van der Waals surface area (Å²) in [6.45, 7) is 3.69. The molecule has 0 saturated carbocycles. The van der Waals surface area contributed by atoms with E-state index in [1.807, 2.05) is 19.9 Å². The van der Waals surface area contributed by atoms with E-state index in [9.17, 15) is 13.2 Å². The third kappa shape index (κ3) is 4.73. The minimum absolute atomic E-state index is 0.0138. The van der Waals surface area contributed by atoms with Crippen LogP contribution in [0.5, 0.6) is 0 Å². The lowest BCUT2D eigenvalue weighted by Gasteiger charge is -2.14. The largest absolute Gasteiger partial charge is 0.319 e. The maximum absolute atomic E-state index is 13.0. The zero-order valence-corrected chi connectivity index (χ0v) is 19.0. The van der Waals surface area contributed by atoms with Crippen LogP contribution in [0, 0.1) is 13.8 Å². The van der Waals surface area contributed by atoms with Crippen LogP contribution in [-0.4, -0.2) is 14.3 Å². The van der Waals surface area contributed by atoms with Gasteiger partial charge in [0.2, 0.25) is 0 Å². The highest BCUT2D eigenvalue weighted by Crippen LogP contribution is 2.31. The minimum atomic E-state index is -4.04. The summed E-state index contributed by atoms with van der Waals surface area (Å²) in [4.78, 5) is 12.5. The minimum Gasteiger partial charge on any atom is -0.319 e. The lowest BCUT2D eigenvalue weighted by atomic mass is 10.1. The summed E-state index contributed by atoms with van der Waals surface area (Å²) < 4.78 is 28.4. The number of benzene rings is 3. The number of rotatable bonds is 5. The Bertz CT molecular complexity index is 1220. The van der Waals surface area contributed by atoms with Crippen LogP contribution >= 0.6 is 34.8 Å². The predicted molar refractivity (Wildman–Crippen MR) is 123 cm³/mol. The molecular weight excluding hydrogens is 467 g/mol. The first-order valence-electron chi connectivity index (χ1n) is 8.74. The second kappa shape index (κ2) is 8.86. The first-order chi connectivity index (χ1) is 14.1. The van der Waals surface area contributed by atoms with Gasteiger partial charge >= 0.3 is 0 Å². The van der Waals surface area contributed by atoms with Crippen molar-refractivity contribution in [1.82, 2.24) is 0 Å². The molecule has 0 spiro atoms. The summed E-state index contributed by atoms with van der Waals surface area (Å²) in [5.41, 5.74) is 2.48. The summed E-state index contributed by atoms with van der Waals surface area (Å²) in [5, 5.41) is 3.10. The molecule has 3 aromatic carbocycles. The lowest BCUT2D eigenvalue weighted by molar-refractivity contribution is 0.102. The van der Waals surface area contributed by atoms with Gasteiger partial charge in [0.25, 0.3) is 15.9 Å². The van der Waals surface area contributed by atoms with Crippen LogP contribution in [0.3, 0.4) is 0 Å². The van der Waals surface area contributed by atoms with Gasteiger partial charge in [-0.2, -0.15) is 0 Å². The van der Waals surface area contributed by atoms with Crippen LogP contribution in [0.4, 0.5) is 11.4 Å². The number of anilines is 2. The second-order valence-electron chi connectivity index (χ2n) is 6.55. The highest BCUT2D eigenvalue weighted by atomic mass is 35.5. The molecule has 0 atom stereocenters. The van der Waals surface area contributed by atoms with E-state index in [2.05, 4.69) is 10.0 Å². The van der Waals surface area contributed by atoms with E-state index < -0.39 is 15.9 Å². The number of amides is 1. The monoisotopic (exact) mass is 482 g/mol. The number of hydrogen-bond acceptors (Lipinski definition) is 3. The molecule has 0 aliphatic heterocycles. The van der Waals surface area contributed by atoms with Crippen LogP contribution in [0.25, 0.3) is 0 Å². The topological polar surface area (TPSA) is 75.3 Å². The molecule has 0 fully saturated rings. The number of carbonyl (C=O) groups excluding carboxylic acids is 1. The Labute approximate surface area is 190 Å². The van der Waals surface area contributed by atoms with Gasteiger partial charge in [-0.25, -0.2) is 8.42 Å².